The molecule has 6 nitrogen and oxygen atoms in total. The van der Waals surface area contributed by atoms with E-state index in [1.807, 2.05) is 25.5 Å². The standard InChI is InChI=1S/C12H22N4O2S/c1-4-15-9-12(14-10(15)2)19(17,18)16-6-5-11(8-16)7-13-3/h9,11,13H,4-8H2,1-3H3. The molecule has 2 rings (SSSR count). The predicted molar refractivity (Wildman–Crippen MR) is 73.4 cm³/mol. The van der Waals surface area contributed by atoms with Gasteiger partial charge in [0.15, 0.2) is 5.03 Å². The minimum atomic E-state index is -3.43. The number of aromatic nitrogens is 2. The second-order valence-electron chi connectivity index (χ2n) is 4.99. The maximum Gasteiger partial charge on any atom is 0.262 e. The van der Waals surface area contributed by atoms with Gasteiger partial charge in [-0.05, 0) is 39.8 Å². The molecule has 0 radical (unpaired) electrons. The van der Waals surface area contributed by atoms with E-state index in [4.69, 9.17) is 0 Å². The van der Waals surface area contributed by atoms with Gasteiger partial charge in [-0.2, -0.15) is 4.31 Å². The first-order valence-electron chi connectivity index (χ1n) is 6.67. The molecule has 19 heavy (non-hydrogen) atoms. The summed E-state index contributed by atoms with van der Waals surface area (Å²) in [6.07, 6.45) is 2.55. The van der Waals surface area contributed by atoms with Gasteiger partial charge in [-0.3, -0.25) is 0 Å². The molecule has 0 amide bonds. The molecule has 7 heteroatoms. The number of nitrogens with zero attached hydrogens (tertiary/aromatic N) is 3. The van der Waals surface area contributed by atoms with Gasteiger partial charge in [0.25, 0.3) is 10.0 Å². The van der Waals surface area contributed by atoms with Crippen molar-refractivity contribution in [2.24, 2.45) is 5.92 Å². The van der Waals surface area contributed by atoms with Crippen LogP contribution in [0.15, 0.2) is 11.2 Å². The van der Waals surface area contributed by atoms with Crippen molar-refractivity contribution in [3.05, 3.63) is 12.0 Å². The largest absolute Gasteiger partial charge is 0.334 e. The topological polar surface area (TPSA) is 67.2 Å². The summed E-state index contributed by atoms with van der Waals surface area (Å²) in [5, 5.41) is 3.28. The molecule has 1 aromatic rings. The first kappa shape index (κ1) is 14.5. The molecule has 1 atom stereocenters. The summed E-state index contributed by atoms with van der Waals surface area (Å²) in [5.41, 5.74) is 0. The molecule has 1 aromatic heterocycles. The summed E-state index contributed by atoms with van der Waals surface area (Å²) in [6.45, 7) is 6.57. The molecule has 0 saturated carbocycles. The van der Waals surface area contributed by atoms with E-state index in [0.29, 0.717) is 19.0 Å². The number of sulfonamides is 1. The SMILES string of the molecule is CCn1cc(S(=O)(=O)N2CCC(CNC)C2)nc1C. The fourth-order valence-corrected chi connectivity index (χ4v) is 4.05. The zero-order valence-electron chi connectivity index (χ0n) is 11.8. The van der Waals surface area contributed by atoms with Crippen LogP contribution in [0.25, 0.3) is 0 Å². The third-order valence-corrected chi connectivity index (χ3v) is 5.38. The van der Waals surface area contributed by atoms with Gasteiger partial charge >= 0.3 is 0 Å². The van der Waals surface area contributed by atoms with Gasteiger partial charge in [0.2, 0.25) is 0 Å². The van der Waals surface area contributed by atoms with Crippen molar-refractivity contribution in [3.63, 3.8) is 0 Å². The second kappa shape index (κ2) is 5.60. The van der Waals surface area contributed by atoms with Crippen LogP contribution >= 0.6 is 0 Å². The Morgan fingerprint density at radius 2 is 2.26 bits per heavy atom. The molecule has 0 spiro atoms. The number of imidazole rings is 1. The highest BCUT2D eigenvalue weighted by Gasteiger charge is 2.33. The van der Waals surface area contributed by atoms with Gasteiger partial charge in [-0.15, -0.1) is 0 Å². The molecule has 1 aliphatic rings. The van der Waals surface area contributed by atoms with Crippen LogP contribution < -0.4 is 5.32 Å². The molecule has 0 aliphatic carbocycles. The summed E-state index contributed by atoms with van der Waals surface area (Å²) in [4.78, 5) is 4.19. The van der Waals surface area contributed by atoms with Crippen LogP contribution in [0, 0.1) is 12.8 Å². The van der Waals surface area contributed by atoms with Gasteiger partial charge in [0.1, 0.15) is 5.82 Å². The Morgan fingerprint density at radius 1 is 1.53 bits per heavy atom. The summed E-state index contributed by atoms with van der Waals surface area (Å²) >= 11 is 0. The molecule has 2 heterocycles. The lowest BCUT2D eigenvalue weighted by molar-refractivity contribution is 0.449. The van der Waals surface area contributed by atoms with E-state index in [9.17, 15) is 8.42 Å². The summed E-state index contributed by atoms with van der Waals surface area (Å²) < 4.78 is 28.4. The van der Waals surface area contributed by atoms with Crippen LogP contribution in [0.2, 0.25) is 0 Å². The third-order valence-electron chi connectivity index (χ3n) is 3.64. The molecule has 1 saturated heterocycles. The number of nitrogens with one attached hydrogen (secondary N) is 1. The van der Waals surface area contributed by atoms with Crippen LogP contribution in [-0.2, 0) is 16.6 Å². The van der Waals surface area contributed by atoms with Crippen molar-refractivity contribution in [1.82, 2.24) is 19.2 Å². The van der Waals surface area contributed by atoms with E-state index < -0.39 is 10.0 Å². The van der Waals surface area contributed by atoms with Crippen LogP contribution in [0.5, 0.6) is 0 Å². The number of hydrogen-bond acceptors (Lipinski definition) is 4. The maximum atomic E-state index is 12.5. The highest BCUT2D eigenvalue weighted by atomic mass is 32.2. The van der Waals surface area contributed by atoms with Gasteiger partial charge in [-0.25, -0.2) is 13.4 Å². The Labute approximate surface area is 114 Å². The first-order valence-corrected chi connectivity index (χ1v) is 8.11. The predicted octanol–water partition coefficient (Wildman–Crippen LogP) is 0.441. The zero-order chi connectivity index (χ0) is 14.0. The Hall–Kier alpha value is -0.920. The molecular formula is C12H22N4O2S. The van der Waals surface area contributed by atoms with Crippen LogP contribution in [0.1, 0.15) is 19.2 Å². The second-order valence-corrected chi connectivity index (χ2v) is 6.87. The normalized spacial score (nSPS) is 21.1. The minimum absolute atomic E-state index is 0.178. The average Bonchev–Trinajstić information content (AvgIpc) is 2.96. The van der Waals surface area contributed by atoms with Gasteiger partial charge in [0, 0.05) is 25.8 Å². The van der Waals surface area contributed by atoms with Crippen molar-refractivity contribution in [1.29, 1.82) is 0 Å². The molecule has 0 bridgehead atoms. The highest BCUT2D eigenvalue weighted by Crippen LogP contribution is 2.23. The molecule has 1 N–H and O–H groups in total. The van der Waals surface area contributed by atoms with Crippen LogP contribution in [0.3, 0.4) is 0 Å². The fraction of sp³-hybridized carbons (Fsp3) is 0.750. The summed E-state index contributed by atoms with van der Waals surface area (Å²) in [5.74, 6) is 1.14. The molecule has 1 aliphatic heterocycles. The van der Waals surface area contributed by atoms with E-state index in [-0.39, 0.29) is 5.03 Å². The lowest BCUT2D eigenvalue weighted by atomic mass is 10.1. The molecule has 1 fully saturated rings. The van der Waals surface area contributed by atoms with Gasteiger partial charge in [-0.1, -0.05) is 0 Å². The Bertz CT molecular complexity index is 538. The molecule has 1 unspecified atom stereocenters. The smallest absolute Gasteiger partial charge is 0.262 e. The van der Waals surface area contributed by atoms with Crippen molar-refractivity contribution in [2.45, 2.75) is 31.8 Å². The first-order chi connectivity index (χ1) is 8.98. The molecular weight excluding hydrogens is 264 g/mol. The van der Waals surface area contributed by atoms with E-state index in [2.05, 4.69) is 10.3 Å². The number of aryl methyl sites for hydroxylation is 2. The van der Waals surface area contributed by atoms with Crippen molar-refractivity contribution in [3.8, 4) is 0 Å². The number of hydrogen-bond donors (Lipinski definition) is 1. The van der Waals surface area contributed by atoms with Gasteiger partial charge < -0.3 is 9.88 Å². The Balaban J connectivity index is 2.18. The van der Waals surface area contributed by atoms with E-state index in [1.54, 1.807) is 10.5 Å². The molecule has 0 aromatic carbocycles. The van der Waals surface area contributed by atoms with Crippen molar-refractivity contribution >= 4 is 10.0 Å². The fourth-order valence-electron chi connectivity index (χ4n) is 2.53. The average molecular weight is 286 g/mol. The van der Waals surface area contributed by atoms with Crippen molar-refractivity contribution < 1.29 is 8.42 Å². The van der Waals surface area contributed by atoms with Crippen molar-refractivity contribution in [2.75, 3.05) is 26.7 Å². The lowest BCUT2D eigenvalue weighted by Crippen LogP contribution is -2.30. The van der Waals surface area contributed by atoms with Gasteiger partial charge in [0.05, 0.1) is 0 Å². The highest BCUT2D eigenvalue weighted by molar-refractivity contribution is 7.89. The lowest BCUT2D eigenvalue weighted by Gasteiger charge is -2.14. The quantitative estimate of drug-likeness (QED) is 0.853. The van der Waals surface area contributed by atoms with E-state index >= 15 is 0 Å². The van der Waals surface area contributed by atoms with E-state index in [1.165, 1.54) is 0 Å². The van der Waals surface area contributed by atoms with Crippen LogP contribution in [-0.4, -0.2) is 49.0 Å². The maximum absolute atomic E-state index is 12.5. The van der Waals surface area contributed by atoms with E-state index in [0.717, 1.165) is 25.3 Å². The minimum Gasteiger partial charge on any atom is -0.334 e. The number of rotatable bonds is 5. The molecule has 108 valence electrons. The Kier molecular flexibility index (Phi) is 4.27. The monoisotopic (exact) mass is 286 g/mol. The Morgan fingerprint density at radius 3 is 2.84 bits per heavy atom. The van der Waals surface area contributed by atoms with Crippen LogP contribution in [0.4, 0.5) is 0 Å². The zero-order valence-corrected chi connectivity index (χ0v) is 12.6. The summed E-state index contributed by atoms with van der Waals surface area (Å²) in [7, 11) is -1.54. The third kappa shape index (κ3) is 2.82. The summed E-state index contributed by atoms with van der Waals surface area (Å²) in [6, 6.07) is 0.